The van der Waals surface area contributed by atoms with E-state index < -0.39 is 24.9 Å². The highest BCUT2D eigenvalue weighted by molar-refractivity contribution is 7.67. The van der Waals surface area contributed by atoms with Gasteiger partial charge in [-0.1, -0.05) is 26.7 Å². The molecule has 0 heterocycles. The number of anilines is 2. The summed E-state index contributed by atoms with van der Waals surface area (Å²) in [6.07, 6.45) is -1.04. The number of nitrogens with one attached hydrogen (secondary N) is 1. The fraction of sp³-hybridized carbons (Fsp3) is 0.429. The lowest BCUT2D eigenvalue weighted by Crippen LogP contribution is -2.15. The van der Waals surface area contributed by atoms with Gasteiger partial charge in [0.25, 0.3) is 0 Å². The fourth-order valence-electron chi connectivity index (χ4n) is 2.75. The largest absolute Gasteiger partial charge is 0.416 e. The van der Waals surface area contributed by atoms with Crippen LogP contribution in [0.5, 0.6) is 0 Å². The lowest BCUT2D eigenvalue weighted by atomic mass is 10.2. The highest BCUT2D eigenvalue weighted by Crippen LogP contribution is 2.47. The Labute approximate surface area is 168 Å². The second-order valence-corrected chi connectivity index (χ2v) is 9.34. The van der Waals surface area contributed by atoms with Gasteiger partial charge in [-0.25, -0.2) is 4.39 Å². The number of benzene rings is 2. The number of hydrogen-bond donors (Lipinski definition) is 1. The molecular formula is C21H26F4NO2P. The van der Waals surface area contributed by atoms with Crippen molar-refractivity contribution in [3.05, 3.63) is 53.8 Å². The minimum atomic E-state index is -4.41. The molecule has 0 aliphatic heterocycles. The van der Waals surface area contributed by atoms with Crippen LogP contribution >= 0.6 is 7.37 Å². The minimum Gasteiger partial charge on any atom is -0.355 e. The summed E-state index contributed by atoms with van der Waals surface area (Å²) in [7, 11) is -3.31. The van der Waals surface area contributed by atoms with E-state index in [1.165, 1.54) is 24.3 Å². The van der Waals surface area contributed by atoms with Crippen LogP contribution in [0.3, 0.4) is 0 Å². The molecule has 2 aromatic carbocycles. The van der Waals surface area contributed by atoms with E-state index in [4.69, 9.17) is 4.52 Å². The predicted octanol–water partition coefficient (Wildman–Crippen LogP) is 7.11. The third-order valence-electron chi connectivity index (χ3n) is 4.42. The van der Waals surface area contributed by atoms with Gasteiger partial charge in [0.15, 0.2) is 0 Å². The zero-order valence-electron chi connectivity index (χ0n) is 16.6. The molecule has 8 heteroatoms. The smallest absolute Gasteiger partial charge is 0.355 e. The second-order valence-electron chi connectivity index (χ2n) is 6.80. The molecule has 0 saturated carbocycles. The first kappa shape index (κ1) is 23.4. The Morgan fingerprint density at radius 2 is 1.59 bits per heavy atom. The van der Waals surface area contributed by atoms with Crippen molar-refractivity contribution in [3.8, 4) is 0 Å². The van der Waals surface area contributed by atoms with E-state index in [0.29, 0.717) is 24.4 Å². The standard InChI is InChI=1S/C21H26F4NO2P/c1-3-5-13-28-29(27,14-6-4-2)20-12-11-18(15-19(20)22)26-17-9-7-16(8-10-17)21(23,24)25/h7-12,15,26H,3-6,13-14H2,1-2H3. The van der Waals surface area contributed by atoms with Gasteiger partial charge in [-0.05, 0) is 55.3 Å². The fourth-order valence-corrected chi connectivity index (χ4v) is 5.10. The summed E-state index contributed by atoms with van der Waals surface area (Å²) < 4.78 is 71.6. The second kappa shape index (κ2) is 10.3. The molecule has 0 fully saturated rings. The van der Waals surface area contributed by atoms with E-state index in [1.54, 1.807) is 6.07 Å². The zero-order valence-corrected chi connectivity index (χ0v) is 17.5. The topological polar surface area (TPSA) is 38.3 Å². The molecule has 160 valence electrons. The van der Waals surface area contributed by atoms with Crippen molar-refractivity contribution >= 4 is 24.0 Å². The molecule has 1 unspecified atom stereocenters. The highest BCUT2D eigenvalue weighted by atomic mass is 31.2. The lowest BCUT2D eigenvalue weighted by molar-refractivity contribution is -0.137. The van der Waals surface area contributed by atoms with Gasteiger partial charge in [-0.15, -0.1) is 0 Å². The molecule has 0 spiro atoms. The van der Waals surface area contributed by atoms with E-state index in [9.17, 15) is 22.1 Å². The van der Waals surface area contributed by atoms with E-state index in [0.717, 1.165) is 31.4 Å². The van der Waals surface area contributed by atoms with Crippen LogP contribution < -0.4 is 10.6 Å². The summed E-state index contributed by atoms with van der Waals surface area (Å²) in [5.41, 5.74) is -0.0224. The van der Waals surface area contributed by atoms with Gasteiger partial charge in [0.05, 0.1) is 17.5 Å². The van der Waals surface area contributed by atoms with E-state index in [1.807, 2.05) is 13.8 Å². The quantitative estimate of drug-likeness (QED) is 0.248. The number of alkyl halides is 3. The molecule has 2 aromatic rings. The monoisotopic (exact) mass is 431 g/mol. The normalized spacial score (nSPS) is 13.9. The Morgan fingerprint density at radius 3 is 2.14 bits per heavy atom. The van der Waals surface area contributed by atoms with Gasteiger partial charge in [0.1, 0.15) is 5.82 Å². The zero-order chi connectivity index (χ0) is 21.5. The Hall–Kier alpha value is -1.85. The van der Waals surface area contributed by atoms with Crippen molar-refractivity contribution in [2.75, 3.05) is 18.1 Å². The summed E-state index contributed by atoms with van der Waals surface area (Å²) in [6.45, 7) is 4.26. The predicted molar refractivity (Wildman–Crippen MR) is 109 cm³/mol. The maximum Gasteiger partial charge on any atom is 0.416 e. The Morgan fingerprint density at radius 1 is 0.966 bits per heavy atom. The summed E-state index contributed by atoms with van der Waals surface area (Å²) in [5, 5.41) is 2.92. The molecule has 0 radical (unpaired) electrons. The molecule has 3 nitrogen and oxygen atoms in total. The van der Waals surface area contributed by atoms with Gasteiger partial charge < -0.3 is 9.84 Å². The molecule has 0 aliphatic rings. The molecule has 0 aromatic heterocycles. The summed E-state index contributed by atoms with van der Waals surface area (Å²) in [6, 6.07) is 8.63. The Balaban J connectivity index is 2.20. The van der Waals surface area contributed by atoms with Crippen LogP contribution in [0, 0.1) is 5.82 Å². The van der Waals surface area contributed by atoms with Gasteiger partial charge >= 0.3 is 6.18 Å². The maximum absolute atomic E-state index is 14.8. The third kappa shape index (κ3) is 6.58. The number of unbranched alkanes of at least 4 members (excludes halogenated alkanes) is 2. The van der Waals surface area contributed by atoms with Crippen molar-refractivity contribution < 1.29 is 26.7 Å². The molecule has 29 heavy (non-hydrogen) atoms. The minimum absolute atomic E-state index is 0.0556. The SMILES string of the molecule is CCCCOP(=O)(CCCC)c1ccc(Nc2ccc(C(F)(F)F)cc2)cc1F. The van der Waals surface area contributed by atoms with Crippen LogP contribution in [0.2, 0.25) is 0 Å². The third-order valence-corrected chi connectivity index (χ3v) is 7.02. The first-order chi connectivity index (χ1) is 13.7. The van der Waals surface area contributed by atoms with Crippen LogP contribution in [-0.4, -0.2) is 12.8 Å². The molecule has 0 bridgehead atoms. The van der Waals surface area contributed by atoms with Crippen molar-refractivity contribution in [1.82, 2.24) is 0 Å². The average molecular weight is 431 g/mol. The molecule has 1 N–H and O–H groups in total. The average Bonchev–Trinajstić information content (AvgIpc) is 2.66. The van der Waals surface area contributed by atoms with Crippen LogP contribution in [0.1, 0.15) is 45.1 Å². The van der Waals surface area contributed by atoms with Crippen molar-refractivity contribution in [1.29, 1.82) is 0 Å². The molecule has 0 amide bonds. The van der Waals surface area contributed by atoms with E-state index in [2.05, 4.69) is 5.32 Å². The van der Waals surface area contributed by atoms with Gasteiger partial charge in [0, 0.05) is 17.5 Å². The first-order valence-corrected chi connectivity index (χ1v) is 11.5. The van der Waals surface area contributed by atoms with Crippen molar-refractivity contribution in [2.24, 2.45) is 0 Å². The van der Waals surface area contributed by atoms with Crippen molar-refractivity contribution in [2.45, 2.75) is 45.7 Å². The van der Waals surface area contributed by atoms with Crippen LogP contribution in [0.25, 0.3) is 0 Å². The number of hydrogen-bond acceptors (Lipinski definition) is 3. The van der Waals surface area contributed by atoms with Crippen molar-refractivity contribution in [3.63, 3.8) is 0 Å². The maximum atomic E-state index is 14.8. The lowest BCUT2D eigenvalue weighted by Gasteiger charge is -2.20. The van der Waals surface area contributed by atoms with Crippen LogP contribution in [-0.2, 0) is 15.3 Å². The van der Waals surface area contributed by atoms with Gasteiger partial charge in [-0.2, -0.15) is 13.2 Å². The molecule has 1 atom stereocenters. The van der Waals surface area contributed by atoms with E-state index in [-0.39, 0.29) is 11.5 Å². The summed E-state index contributed by atoms with van der Waals surface area (Å²) in [4.78, 5) is 0. The molecule has 2 rings (SSSR count). The van der Waals surface area contributed by atoms with Crippen LogP contribution in [0.4, 0.5) is 28.9 Å². The number of halogens is 4. The first-order valence-electron chi connectivity index (χ1n) is 9.67. The molecule has 0 saturated heterocycles. The van der Waals surface area contributed by atoms with Crippen LogP contribution in [0.15, 0.2) is 42.5 Å². The Kier molecular flexibility index (Phi) is 8.29. The summed E-state index contributed by atoms with van der Waals surface area (Å²) >= 11 is 0. The Bertz CT molecular complexity index is 838. The van der Waals surface area contributed by atoms with E-state index >= 15 is 0 Å². The number of rotatable bonds is 10. The highest BCUT2D eigenvalue weighted by Gasteiger charge is 2.30. The molecule has 0 aliphatic carbocycles. The summed E-state index contributed by atoms with van der Waals surface area (Å²) in [5.74, 6) is -0.655. The van der Waals surface area contributed by atoms with Gasteiger partial charge in [-0.3, -0.25) is 4.57 Å². The van der Waals surface area contributed by atoms with Gasteiger partial charge in [0.2, 0.25) is 7.37 Å². The molecular weight excluding hydrogens is 405 g/mol.